The largest absolute Gasteiger partial charge is 0.370 e. The van der Waals surface area contributed by atoms with Crippen molar-refractivity contribution in [2.24, 2.45) is 0 Å². The van der Waals surface area contributed by atoms with Gasteiger partial charge in [0.1, 0.15) is 6.23 Å². The molecule has 48 valence electrons. The predicted octanol–water partition coefficient (Wildman–Crippen LogP) is 0.560. The van der Waals surface area contributed by atoms with Crippen molar-refractivity contribution < 1.29 is 5.11 Å². The van der Waals surface area contributed by atoms with Gasteiger partial charge >= 0.3 is 0 Å². The number of aliphatic hydroxyl groups is 1. The van der Waals surface area contributed by atoms with Gasteiger partial charge in [-0.05, 0) is 6.08 Å². The highest BCUT2D eigenvalue weighted by Crippen LogP contribution is 1.99. The van der Waals surface area contributed by atoms with E-state index in [4.69, 9.17) is 5.11 Å². The van der Waals surface area contributed by atoms with Crippen molar-refractivity contribution in [1.82, 2.24) is 9.55 Å². The minimum atomic E-state index is -0.646. The number of hydrogen-bond acceptors (Lipinski definition) is 2. The molecule has 1 atom stereocenters. The van der Waals surface area contributed by atoms with E-state index in [2.05, 4.69) is 11.6 Å². The summed E-state index contributed by atoms with van der Waals surface area (Å²) in [6.45, 7) is 3.42. The second-order valence-corrected chi connectivity index (χ2v) is 1.66. The molecule has 0 saturated heterocycles. The van der Waals surface area contributed by atoms with Gasteiger partial charge in [-0.15, -0.1) is 0 Å². The third-order valence-electron chi connectivity index (χ3n) is 1.04. The minimum Gasteiger partial charge on any atom is -0.370 e. The van der Waals surface area contributed by atoms with E-state index in [1.54, 1.807) is 17.0 Å². The molecular weight excluding hydrogens is 116 g/mol. The number of imidazole rings is 1. The van der Waals surface area contributed by atoms with Crippen LogP contribution in [-0.2, 0) is 0 Å². The number of aromatic nitrogens is 2. The lowest BCUT2D eigenvalue weighted by Crippen LogP contribution is -2.00. The standard InChI is InChI=1S/C6H8N2O/c1-2-6(9)8-4-3-7-5-8/h2-6,9H,1H2. The molecule has 0 amide bonds. The summed E-state index contributed by atoms with van der Waals surface area (Å²) in [5.74, 6) is 0. The van der Waals surface area contributed by atoms with Crippen molar-refractivity contribution in [2.45, 2.75) is 6.23 Å². The molecular formula is C6H8N2O. The molecule has 0 aliphatic rings. The summed E-state index contributed by atoms with van der Waals surface area (Å²) < 4.78 is 1.55. The van der Waals surface area contributed by atoms with E-state index >= 15 is 0 Å². The lowest BCUT2D eigenvalue weighted by molar-refractivity contribution is 0.155. The molecule has 0 bridgehead atoms. The number of nitrogens with zero attached hydrogens (tertiary/aromatic N) is 2. The van der Waals surface area contributed by atoms with Crippen LogP contribution in [0.1, 0.15) is 6.23 Å². The molecule has 1 N–H and O–H groups in total. The molecule has 0 spiro atoms. The van der Waals surface area contributed by atoms with Gasteiger partial charge in [0, 0.05) is 12.4 Å². The van der Waals surface area contributed by atoms with Crippen LogP contribution >= 0.6 is 0 Å². The Labute approximate surface area is 53.3 Å². The van der Waals surface area contributed by atoms with Crippen LogP contribution < -0.4 is 0 Å². The Bertz CT molecular complexity index is 181. The number of rotatable bonds is 2. The first-order valence-electron chi connectivity index (χ1n) is 2.62. The zero-order chi connectivity index (χ0) is 6.69. The van der Waals surface area contributed by atoms with Crippen LogP contribution in [0, 0.1) is 0 Å². The monoisotopic (exact) mass is 124 g/mol. The third kappa shape index (κ3) is 1.17. The summed E-state index contributed by atoms with van der Waals surface area (Å²) in [4.78, 5) is 3.75. The van der Waals surface area contributed by atoms with Gasteiger partial charge in [-0.2, -0.15) is 0 Å². The quantitative estimate of drug-likeness (QED) is 0.585. The summed E-state index contributed by atoms with van der Waals surface area (Å²) in [6, 6.07) is 0. The van der Waals surface area contributed by atoms with E-state index in [-0.39, 0.29) is 0 Å². The maximum atomic E-state index is 9.02. The second kappa shape index (κ2) is 2.46. The molecule has 0 aromatic carbocycles. The summed E-state index contributed by atoms with van der Waals surface area (Å²) in [7, 11) is 0. The van der Waals surface area contributed by atoms with Crippen LogP contribution in [0.3, 0.4) is 0 Å². The molecule has 0 fully saturated rings. The minimum absolute atomic E-state index is 0.646. The second-order valence-electron chi connectivity index (χ2n) is 1.66. The van der Waals surface area contributed by atoms with Crippen molar-refractivity contribution in [2.75, 3.05) is 0 Å². The summed E-state index contributed by atoms with van der Waals surface area (Å²) in [5, 5.41) is 9.02. The molecule has 1 aromatic heterocycles. The molecule has 0 radical (unpaired) electrons. The fourth-order valence-electron chi connectivity index (χ4n) is 0.548. The van der Waals surface area contributed by atoms with Crippen molar-refractivity contribution in [3.8, 4) is 0 Å². The Morgan fingerprint density at radius 1 is 1.78 bits per heavy atom. The van der Waals surface area contributed by atoms with Gasteiger partial charge in [0.15, 0.2) is 0 Å². The first-order valence-corrected chi connectivity index (χ1v) is 2.62. The molecule has 0 aliphatic carbocycles. The van der Waals surface area contributed by atoms with Gasteiger partial charge in [-0.3, -0.25) is 0 Å². The predicted molar refractivity (Wildman–Crippen MR) is 33.7 cm³/mol. The average molecular weight is 124 g/mol. The van der Waals surface area contributed by atoms with Crippen molar-refractivity contribution in [3.05, 3.63) is 31.4 Å². The van der Waals surface area contributed by atoms with Crippen LogP contribution in [0.5, 0.6) is 0 Å². The smallest absolute Gasteiger partial charge is 0.150 e. The van der Waals surface area contributed by atoms with Crippen LogP contribution in [0.2, 0.25) is 0 Å². The highest BCUT2D eigenvalue weighted by atomic mass is 16.3. The van der Waals surface area contributed by atoms with Gasteiger partial charge in [0.2, 0.25) is 0 Å². The molecule has 1 rings (SSSR count). The normalized spacial score (nSPS) is 13.0. The Kier molecular flexibility index (Phi) is 1.65. The Morgan fingerprint density at radius 2 is 2.56 bits per heavy atom. The lowest BCUT2D eigenvalue weighted by atomic mass is 10.5. The van der Waals surface area contributed by atoms with Gasteiger partial charge in [0.05, 0.1) is 6.33 Å². The highest BCUT2D eigenvalue weighted by Gasteiger charge is 1.95. The third-order valence-corrected chi connectivity index (χ3v) is 1.04. The summed E-state index contributed by atoms with van der Waals surface area (Å²) in [6.07, 6.45) is 5.60. The van der Waals surface area contributed by atoms with E-state index in [0.717, 1.165) is 0 Å². The molecule has 0 saturated carbocycles. The van der Waals surface area contributed by atoms with Crippen molar-refractivity contribution in [1.29, 1.82) is 0 Å². The zero-order valence-corrected chi connectivity index (χ0v) is 4.94. The Hall–Kier alpha value is -1.09. The molecule has 3 heteroatoms. The van der Waals surface area contributed by atoms with E-state index in [0.29, 0.717) is 0 Å². The zero-order valence-electron chi connectivity index (χ0n) is 4.94. The fourth-order valence-corrected chi connectivity index (χ4v) is 0.548. The van der Waals surface area contributed by atoms with E-state index < -0.39 is 6.23 Å². The highest BCUT2D eigenvalue weighted by molar-refractivity contribution is 4.83. The lowest BCUT2D eigenvalue weighted by Gasteiger charge is -2.03. The Balaban J connectivity index is 2.76. The van der Waals surface area contributed by atoms with Crippen LogP contribution in [0.15, 0.2) is 31.4 Å². The van der Waals surface area contributed by atoms with Crippen molar-refractivity contribution >= 4 is 0 Å². The van der Waals surface area contributed by atoms with E-state index in [1.165, 1.54) is 12.4 Å². The maximum Gasteiger partial charge on any atom is 0.150 e. The van der Waals surface area contributed by atoms with Crippen LogP contribution in [0.25, 0.3) is 0 Å². The van der Waals surface area contributed by atoms with E-state index in [9.17, 15) is 0 Å². The van der Waals surface area contributed by atoms with Gasteiger partial charge in [-0.25, -0.2) is 4.98 Å². The molecule has 1 unspecified atom stereocenters. The van der Waals surface area contributed by atoms with Crippen LogP contribution in [-0.4, -0.2) is 14.7 Å². The summed E-state index contributed by atoms with van der Waals surface area (Å²) in [5.41, 5.74) is 0. The average Bonchev–Trinajstić information content (AvgIpc) is 2.37. The van der Waals surface area contributed by atoms with Gasteiger partial charge in [0.25, 0.3) is 0 Å². The molecule has 1 aromatic rings. The van der Waals surface area contributed by atoms with E-state index in [1.807, 2.05) is 0 Å². The summed E-state index contributed by atoms with van der Waals surface area (Å²) >= 11 is 0. The molecule has 9 heavy (non-hydrogen) atoms. The first kappa shape index (κ1) is 6.04. The number of aliphatic hydroxyl groups excluding tert-OH is 1. The van der Waals surface area contributed by atoms with Crippen molar-refractivity contribution in [3.63, 3.8) is 0 Å². The maximum absolute atomic E-state index is 9.02. The SMILES string of the molecule is C=CC(O)n1ccnc1. The molecule has 1 heterocycles. The van der Waals surface area contributed by atoms with Crippen LogP contribution in [0.4, 0.5) is 0 Å². The van der Waals surface area contributed by atoms with Gasteiger partial charge in [-0.1, -0.05) is 6.58 Å². The topological polar surface area (TPSA) is 38.0 Å². The number of hydrogen-bond donors (Lipinski definition) is 1. The Morgan fingerprint density at radius 3 is 3.00 bits per heavy atom. The fraction of sp³-hybridized carbons (Fsp3) is 0.167. The first-order chi connectivity index (χ1) is 4.34. The molecule has 3 nitrogen and oxygen atoms in total. The molecule has 0 aliphatic heterocycles. The van der Waals surface area contributed by atoms with Gasteiger partial charge < -0.3 is 9.67 Å².